The molecule has 1 aromatic carbocycles. The number of hydrogen-bond acceptors (Lipinski definition) is 8. The molecule has 0 bridgehead atoms. The molecule has 1 amide bonds. The number of aromatic nitrogens is 2. The predicted octanol–water partition coefficient (Wildman–Crippen LogP) is 2.63. The van der Waals surface area contributed by atoms with Crippen molar-refractivity contribution in [1.82, 2.24) is 10.1 Å². The van der Waals surface area contributed by atoms with Crippen LogP contribution in [0.5, 0.6) is 5.75 Å². The summed E-state index contributed by atoms with van der Waals surface area (Å²) in [7, 11) is 0. The molecular formula is C17H13N3O5S. The van der Waals surface area contributed by atoms with Crippen LogP contribution in [-0.2, 0) is 20.9 Å². The number of thiophene rings is 1. The molecule has 1 aliphatic rings. The van der Waals surface area contributed by atoms with Crippen LogP contribution in [0.1, 0.15) is 12.3 Å². The van der Waals surface area contributed by atoms with Crippen LogP contribution in [-0.4, -0.2) is 28.1 Å². The molecule has 2 aromatic heterocycles. The normalized spacial score (nSPS) is 15.7. The van der Waals surface area contributed by atoms with Gasteiger partial charge in [-0.25, -0.2) is 0 Å². The average molecular weight is 371 g/mol. The van der Waals surface area contributed by atoms with Gasteiger partial charge in [0.1, 0.15) is 5.75 Å². The van der Waals surface area contributed by atoms with E-state index in [0.29, 0.717) is 17.3 Å². The summed E-state index contributed by atoms with van der Waals surface area (Å²) in [5, 5.41) is 10.3. The van der Waals surface area contributed by atoms with Crippen molar-refractivity contribution in [3.05, 3.63) is 47.0 Å². The van der Waals surface area contributed by atoms with Crippen LogP contribution in [0.25, 0.3) is 11.4 Å². The summed E-state index contributed by atoms with van der Waals surface area (Å²) in [6.45, 7) is -0.166. The summed E-state index contributed by atoms with van der Waals surface area (Å²) in [5.41, 5.74) is 1.41. The summed E-state index contributed by atoms with van der Waals surface area (Å²) in [5.74, 6) is 0.142. The second-order valence-electron chi connectivity index (χ2n) is 5.48. The lowest BCUT2D eigenvalue weighted by Gasteiger charge is -2.24. The summed E-state index contributed by atoms with van der Waals surface area (Å²) in [4.78, 5) is 28.2. The van der Waals surface area contributed by atoms with Crippen molar-refractivity contribution in [2.24, 2.45) is 0 Å². The fourth-order valence-electron chi connectivity index (χ4n) is 2.40. The van der Waals surface area contributed by atoms with E-state index in [4.69, 9.17) is 14.0 Å². The second-order valence-corrected chi connectivity index (χ2v) is 6.26. The monoisotopic (exact) mass is 371 g/mol. The zero-order valence-corrected chi connectivity index (χ0v) is 14.2. The number of esters is 1. The first-order valence-electron chi connectivity index (χ1n) is 7.76. The lowest BCUT2D eigenvalue weighted by Crippen LogP contribution is -2.38. The van der Waals surface area contributed by atoms with Gasteiger partial charge in [0.05, 0.1) is 12.1 Å². The number of benzene rings is 1. The highest BCUT2D eigenvalue weighted by Gasteiger charge is 2.30. The van der Waals surface area contributed by atoms with Crippen molar-refractivity contribution in [2.75, 3.05) is 5.32 Å². The number of anilines is 1. The molecule has 0 spiro atoms. The third kappa shape index (κ3) is 3.42. The Morgan fingerprint density at radius 2 is 2.19 bits per heavy atom. The number of rotatable bonds is 5. The second kappa shape index (κ2) is 6.96. The van der Waals surface area contributed by atoms with Crippen LogP contribution in [0, 0.1) is 0 Å². The molecule has 0 saturated heterocycles. The minimum Gasteiger partial charge on any atom is -0.478 e. The van der Waals surface area contributed by atoms with E-state index in [1.165, 1.54) is 11.3 Å². The van der Waals surface area contributed by atoms with Crippen molar-refractivity contribution in [2.45, 2.75) is 19.1 Å². The number of para-hydroxylation sites is 2. The van der Waals surface area contributed by atoms with E-state index < -0.39 is 18.0 Å². The first kappa shape index (κ1) is 16.3. The molecule has 8 nitrogen and oxygen atoms in total. The molecule has 9 heteroatoms. The zero-order valence-electron chi connectivity index (χ0n) is 13.4. The highest BCUT2D eigenvalue weighted by atomic mass is 32.1. The molecule has 132 valence electrons. The fourth-order valence-corrected chi connectivity index (χ4v) is 3.04. The average Bonchev–Trinajstić information content (AvgIpc) is 3.32. The Labute approximate surface area is 151 Å². The minimum atomic E-state index is -0.943. The van der Waals surface area contributed by atoms with Gasteiger partial charge in [0.2, 0.25) is 5.82 Å². The van der Waals surface area contributed by atoms with Crippen molar-refractivity contribution < 1.29 is 23.6 Å². The maximum atomic E-state index is 12.0. The van der Waals surface area contributed by atoms with Gasteiger partial charge in [-0.15, -0.1) is 0 Å². The molecule has 1 N–H and O–H groups in total. The van der Waals surface area contributed by atoms with Crippen LogP contribution in [0.15, 0.2) is 45.6 Å². The molecule has 0 aliphatic carbocycles. The van der Waals surface area contributed by atoms with Crippen LogP contribution in [0.2, 0.25) is 0 Å². The van der Waals surface area contributed by atoms with E-state index in [1.807, 2.05) is 16.8 Å². The van der Waals surface area contributed by atoms with Gasteiger partial charge < -0.3 is 19.3 Å². The number of amides is 1. The topological polar surface area (TPSA) is 104 Å². The summed E-state index contributed by atoms with van der Waals surface area (Å²) in [6.07, 6.45) is -1.16. The highest BCUT2D eigenvalue weighted by Crippen LogP contribution is 2.29. The van der Waals surface area contributed by atoms with Crippen molar-refractivity contribution in [3.63, 3.8) is 0 Å². The molecule has 0 fully saturated rings. The van der Waals surface area contributed by atoms with Crippen LogP contribution < -0.4 is 10.1 Å². The van der Waals surface area contributed by atoms with Gasteiger partial charge in [0.25, 0.3) is 11.8 Å². The summed E-state index contributed by atoms with van der Waals surface area (Å²) >= 11 is 1.52. The van der Waals surface area contributed by atoms with Gasteiger partial charge in [-0.3, -0.25) is 9.59 Å². The van der Waals surface area contributed by atoms with Crippen molar-refractivity contribution >= 4 is 28.9 Å². The standard InChI is InChI=1S/C17H13N3O5S/c21-15(7-13-17(22)18-11-3-1-2-4-12(11)24-13)23-8-14-19-16(20-25-14)10-5-6-26-9-10/h1-6,9,13H,7-8H2,(H,18,22)/t13-/m0/s1. The Hall–Kier alpha value is -3.20. The van der Waals surface area contributed by atoms with Gasteiger partial charge in [-0.1, -0.05) is 17.3 Å². The molecule has 1 atom stereocenters. The first-order chi connectivity index (χ1) is 12.7. The van der Waals surface area contributed by atoms with Gasteiger partial charge in [-0.05, 0) is 23.6 Å². The SMILES string of the molecule is O=C(C[C@@H]1Oc2ccccc2NC1=O)OCc1nc(-c2ccsc2)no1. The van der Waals surface area contributed by atoms with E-state index >= 15 is 0 Å². The van der Waals surface area contributed by atoms with Crippen LogP contribution in [0.4, 0.5) is 5.69 Å². The Kier molecular flexibility index (Phi) is 4.36. The third-order valence-corrected chi connectivity index (χ3v) is 4.35. The molecule has 26 heavy (non-hydrogen) atoms. The number of fused-ring (bicyclic) bond motifs is 1. The number of hydrogen-bond donors (Lipinski definition) is 1. The molecule has 0 radical (unpaired) electrons. The van der Waals surface area contributed by atoms with Gasteiger partial charge in [-0.2, -0.15) is 16.3 Å². The Morgan fingerprint density at radius 3 is 3.04 bits per heavy atom. The molecular weight excluding hydrogens is 358 g/mol. The summed E-state index contributed by atoms with van der Waals surface area (Å²) < 4.78 is 15.7. The molecule has 4 rings (SSSR count). The van der Waals surface area contributed by atoms with Crippen LogP contribution >= 0.6 is 11.3 Å². The Balaban J connectivity index is 1.33. The zero-order chi connectivity index (χ0) is 17.9. The maximum Gasteiger partial charge on any atom is 0.310 e. The van der Waals surface area contributed by atoms with Crippen molar-refractivity contribution in [3.8, 4) is 17.1 Å². The largest absolute Gasteiger partial charge is 0.478 e. The van der Waals surface area contributed by atoms with E-state index in [2.05, 4.69) is 15.5 Å². The van der Waals surface area contributed by atoms with Gasteiger partial charge in [0.15, 0.2) is 12.7 Å². The van der Waals surface area contributed by atoms with Crippen LogP contribution in [0.3, 0.4) is 0 Å². The number of ether oxygens (including phenoxy) is 2. The number of carbonyl (C=O) groups excluding carboxylic acids is 2. The Bertz CT molecular complexity index is 938. The molecule has 1 aliphatic heterocycles. The molecule has 0 unspecified atom stereocenters. The fraction of sp³-hybridized carbons (Fsp3) is 0.176. The molecule has 0 saturated carbocycles. The number of nitrogens with one attached hydrogen (secondary N) is 1. The molecule has 3 heterocycles. The lowest BCUT2D eigenvalue weighted by molar-refractivity contribution is -0.149. The Morgan fingerprint density at radius 1 is 1.31 bits per heavy atom. The lowest BCUT2D eigenvalue weighted by atomic mass is 10.1. The third-order valence-electron chi connectivity index (χ3n) is 3.66. The smallest absolute Gasteiger partial charge is 0.310 e. The quantitative estimate of drug-likeness (QED) is 0.688. The highest BCUT2D eigenvalue weighted by molar-refractivity contribution is 7.08. The van der Waals surface area contributed by atoms with E-state index in [9.17, 15) is 9.59 Å². The molecule has 3 aromatic rings. The van der Waals surface area contributed by atoms with E-state index in [0.717, 1.165) is 5.56 Å². The maximum absolute atomic E-state index is 12.0. The van der Waals surface area contributed by atoms with Gasteiger partial charge >= 0.3 is 5.97 Å². The number of carbonyl (C=O) groups is 2. The van der Waals surface area contributed by atoms with E-state index in [1.54, 1.807) is 24.3 Å². The van der Waals surface area contributed by atoms with E-state index in [-0.39, 0.29) is 18.9 Å². The van der Waals surface area contributed by atoms with Crippen molar-refractivity contribution in [1.29, 1.82) is 0 Å². The summed E-state index contributed by atoms with van der Waals surface area (Å²) in [6, 6.07) is 8.88. The van der Waals surface area contributed by atoms with Gasteiger partial charge in [0, 0.05) is 10.9 Å². The predicted molar refractivity (Wildman–Crippen MR) is 91.5 cm³/mol. The number of nitrogens with zero attached hydrogens (tertiary/aromatic N) is 2. The first-order valence-corrected chi connectivity index (χ1v) is 8.70. The minimum absolute atomic E-state index is 0.166.